The Hall–Kier alpha value is 0.790. The van der Waals surface area contributed by atoms with Gasteiger partial charge >= 0.3 is 0 Å². The van der Waals surface area contributed by atoms with Gasteiger partial charge in [-0.25, -0.2) is 0 Å². The Labute approximate surface area is 77.5 Å². The van der Waals surface area contributed by atoms with Crippen LogP contribution in [0.25, 0.3) is 0 Å². The molecule has 0 saturated carbocycles. The fourth-order valence-corrected chi connectivity index (χ4v) is 2.49. The summed E-state index contributed by atoms with van der Waals surface area (Å²) in [6, 6.07) is 0. The van der Waals surface area contributed by atoms with Gasteiger partial charge in [0.2, 0.25) is 0 Å². The van der Waals surface area contributed by atoms with Crippen molar-refractivity contribution in [1.82, 2.24) is 0 Å². The second-order valence-electron chi connectivity index (χ2n) is 1.95. The van der Waals surface area contributed by atoms with Crippen LogP contribution in [-0.4, -0.2) is 15.0 Å². The van der Waals surface area contributed by atoms with Crippen LogP contribution in [0.5, 0.6) is 0 Å². The third kappa shape index (κ3) is 6.90. The van der Waals surface area contributed by atoms with Crippen molar-refractivity contribution in [3.05, 3.63) is 0 Å². The summed E-state index contributed by atoms with van der Waals surface area (Å²) in [5.41, 5.74) is 0. The summed E-state index contributed by atoms with van der Waals surface area (Å²) < 4.78 is 1.11. The van der Waals surface area contributed by atoms with E-state index >= 15 is 0 Å². The van der Waals surface area contributed by atoms with Crippen molar-refractivity contribution in [2.75, 3.05) is 11.5 Å². The third-order valence-electron chi connectivity index (χ3n) is 0.848. The van der Waals surface area contributed by atoms with Crippen molar-refractivity contribution in [1.29, 1.82) is 0 Å². The molecule has 10 heavy (non-hydrogen) atoms. The van der Waals surface area contributed by atoms with E-state index in [-0.39, 0.29) is 0 Å². The SMILES string of the molecule is CCCSC(=S)SCCC. The topological polar surface area (TPSA) is 0 Å². The molecule has 0 nitrogen and oxygen atoms in total. The molecule has 0 N–H and O–H groups in total. The predicted molar refractivity (Wildman–Crippen MR) is 58.1 cm³/mol. The maximum atomic E-state index is 5.11. The number of thioether (sulfide) groups is 2. The fourth-order valence-electron chi connectivity index (χ4n) is 0.412. The molecule has 0 heterocycles. The van der Waals surface area contributed by atoms with Gasteiger partial charge in [-0.1, -0.05) is 26.1 Å². The summed E-state index contributed by atoms with van der Waals surface area (Å²) in [6.07, 6.45) is 2.44. The minimum Gasteiger partial charge on any atom is -0.108 e. The third-order valence-corrected chi connectivity index (χ3v) is 3.96. The highest BCUT2D eigenvalue weighted by Gasteiger charge is 1.95. The molecular formula is C7H14S3. The van der Waals surface area contributed by atoms with Crippen LogP contribution in [0, 0.1) is 0 Å². The highest BCUT2D eigenvalue weighted by Crippen LogP contribution is 2.18. The van der Waals surface area contributed by atoms with Gasteiger partial charge in [0.05, 0.1) is 0 Å². The van der Waals surface area contributed by atoms with E-state index in [0.29, 0.717) is 0 Å². The van der Waals surface area contributed by atoms with E-state index in [0.717, 1.165) is 3.53 Å². The molecule has 0 saturated heterocycles. The zero-order chi connectivity index (χ0) is 7.82. The van der Waals surface area contributed by atoms with Crippen LogP contribution in [0.3, 0.4) is 0 Å². The normalized spacial score (nSPS) is 9.80. The molecule has 0 aromatic rings. The zero-order valence-electron chi connectivity index (χ0n) is 6.55. The van der Waals surface area contributed by atoms with E-state index in [9.17, 15) is 0 Å². The van der Waals surface area contributed by atoms with Crippen LogP contribution < -0.4 is 0 Å². The number of thiocarbonyl (C=S) groups is 1. The lowest BCUT2D eigenvalue weighted by Crippen LogP contribution is -1.84. The lowest BCUT2D eigenvalue weighted by molar-refractivity contribution is 1.11. The van der Waals surface area contributed by atoms with Gasteiger partial charge in [0, 0.05) is 0 Å². The van der Waals surface area contributed by atoms with Crippen LogP contribution in [0.15, 0.2) is 0 Å². The Kier molecular flexibility index (Phi) is 8.52. The van der Waals surface area contributed by atoms with Crippen LogP contribution in [0.2, 0.25) is 0 Å². The summed E-state index contributed by atoms with van der Waals surface area (Å²) in [7, 11) is 0. The number of rotatable bonds is 4. The largest absolute Gasteiger partial charge is 0.108 e. The van der Waals surface area contributed by atoms with Crippen molar-refractivity contribution in [3.8, 4) is 0 Å². The molecule has 3 heteroatoms. The second-order valence-corrected chi connectivity index (χ2v) is 5.34. The van der Waals surface area contributed by atoms with E-state index in [1.54, 1.807) is 0 Å². The van der Waals surface area contributed by atoms with E-state index in [1.807, 2.05) is 23.5 Å². The minimum atomic E-state index is 1.11. The smallest absolute Gasteiger partial charge is 0.104 e. The van der Waals surface area contributed by atoms with Gasteiger partial charge in [0.25, 0.3) is 0 Å². The Morgan fingerprint density at radius 2 is 1.50 bits per heavy atom. The first-order chi connectivity index (χ1) is 4.81. The second kappa shape index (κ2) is 7.89. The van der Waals surface area contributed by atoms with Crippen molar-refractivity contribution < 1.29 is 0 Å². The Morgan fingerprint density at radius 3 is 1.80 bits per heavy atom. The minimum absolute atomic E-state index is 1.11. The van der Waals surface area contributed by atoms with Crippen LogP contribution in [0.1, 0.15) is 26.7 Å². The summed E-state index contributed by atoms with van der Waals surface area (Å²) in [4.78, 5) is 0. The van der Waals surface area contributed by atoms with Crippen LogP contribution in [-0.2, 0) is 0 Å². The Morgan fingerprint density at radius 1 is 1.10 bits per heavy atom. The summed E-state index contributed by atoms with van der Waals surface area (Å²) in [6.45, 7) is 4.36. The van der Waals surface area contributed by atoms with E-state index in [2.05, 4.69) is 13.8 Å². The molecule has 0 rings (SSSR count). The molecule has 0 atom stereocenters. The van der Waals surface area contributed by atoms with Crippen molar-refractivity contribution in [2.24, 2.45) is 0 Å². The quantitative estimate of drug-likeness (QED) is 0.628. The predicted octanol–water partition coefficient (Wildman–Crippen LogP) is 3.56. The van der Waals surface area contributed by atoms with E-state index in [1.165, 1.54) is 24.3 Å². The highest BCUT2D eigenvalue weighted by molar-refractivity contribution is 8.47. The van der Waals surface area contributed by atoms with E-state index in [4.69, 9.17) is 12.2 Å². The average molecular weight is 194 g/mol. The standard InChI is InChI=1S/C7H14S3/c1-3-5-9-7(8)10-6-4-2/h3-6H2,1-2H3. The van der Waals surface area contributed by atoms with Gasteiger partial charge in [-0.15, -0.1) is 23.5 Å². The molecule has 0 aliphatic heterocycles. The molecule has 0 unspecified atom stereocenters. The molecular weight excluding hydrogens is 180 g/mol. The zero-order valence-corrected chi connectivity index (χ0v) is 9.00. The summed E-state index contributed by atoms with van der Waals surface area (Å²) >= 11 is 8.73. The van der Waals surface area contributed by atoms with Crippen LogP contribution in [0.4, 0.5) is 0 Å². The first kappa shape index (κ1) is 10.8. The van der Waals surface area contributed by atoms with Gasteiger partial charge in [-0.05, 0) is 24.3 Å². The fraction of sp³-hybridized carbons (Fsp3) is 0.857. The maximum absolute atomic E-state index is 5.11. The van der Waals surface area contributed by atoms with E-state index < -0.39 is 0 Å². The molecule has 0 radical (unpaired) electrons. The van der Waals surface area contributed by atoms with Gasteiger partial charge in [-0.2, -0.15) is 0 Å². The first-order valence-electron chi connectivity index (χ1n) is 3.60. The van der Waals surface area contributed by atoms with Gasteiger partial charge < -0.3 is 0 Å². The molecule has 0 aliphatic rings. The molecule has 0 amide bonds. The molecule has 0 bridgehead atoms. The summed E-state index contributed by atoms with van der Waals surface area (Å²) in [5, 5.41) is 0. The lowest BCUT2D eigenvalue weighted by atomic mass is 10.6. The molecule has 0 aliphatic carbocycles. The monoisotopic (exact) mass is 194 g/mol. The van der Waals surface area contributed by atoms with Gasteiger partial charge in [0.1, 0.15) is 3.53 Å². The number of hydrogen-bond donors (Lipinski definition) is 0. The van der Waals surface area contributed by atoms with Crippen LogP contribution >= 0.6 is 35.7 Å². The highest BCUT2D eigenvalue weighted by atomic mass is 32.2. The molecule has 0 fully saturated rings. The first-order valence-corrected chi connectivity index (χ1v) is 5.98. The average Bonchev–Trinajstić information content (AvgIpc) is 1.97. The van der Waals surface area contributed by atoms with Gasteiger partial charge in [-0.3, -0.25) is 0 Å². The van der Waals surface area contributed by atoms with Crippen molar-refractivity contribution >= 4 is 39.3 Å². The van der Waals surface area contributed by atoms with Crippen molar-refractivity contribution in [3.63, 3.8) is 0 Å². The van der Waals surface area contributed by atoms with Crippen molar-refractivity contribution in [2.45, 2.75) is 26.7 Å². The Balaban J connectivity index is 3.09. The van der Waals surface area contributed by atoms with Gasteiger partial charge in [0.15, 0.2) is 0 Å². The molecule has 60 valence electrons. The molecule has 0 spiro atoms. The maximum Gasteiger partial charge on any atom is 0.104 e. The Bertz CT molecular complexity index is 80.9. The molecule has 0 aromatic heterocycles. The summed E-state index contributed by atoms with van der Waals surface area (Å²) in [5.74, 6) is 2.35. The lowest BCUT2D eigenvalue weighted by Gasteiger charge is -1.98. The molecule has 0 aromatic carbocycles. The number of hydrogen-bond acceptors (Lipinski definition) is 3.